The maximum atomic E-state index is 2.66. The molecule has 0 heterocycles. The molecular weight excluding hydrogens is 336 g/mol. The molecule has 0 saturated heterocycles. The molecule has 0 aromatic rings. The first-order chi connectivity index (χ1) is 13.4. The smallest absolute Gasteiger partial charge is 0.00445 e. The fourth-order valence-corrected chi connectivity index (χ4v) is 8.30. The van der Waals surface area contributed by atoms with Gasteiger partial charge in [-0.25, -0.2) is 0 Å². The van der Waals surface area contributed by atoms with E-state index in [9.17, 15) is 0 Å². The van der Waals surface area contributed by atoms with Gasteiger partial charge in [-0.05, 0) is 111 Å². The van der Waals surface area contributed by atoms with E-state index >= 15 is 0 Å². The zero-order chi connectivity index (χ0) is 19.9. The Morgan fingerprint density at radius 3 is 2.71 bits per heavy atom. The van der Waals surface area contributed by atoms with Gasteiger partial charge in [0.2, 0.25) is 0 Å². The van der Waals surface area contributed by atoms with Gasteiger partial charge in [0.1, 0.15) is 0 Å². The summed E-state index contributed by atoms with van der Waals surface area (Å²) in [5.41, 5.74) is 4.50. The largest absolute Gasteiger partial charge is 0.0882 e. The molecule has 4 rings (SSSR count). The van der Waals surface area contributed by atoms with Crippen LogP contribution in [0.1, 0.15) is 98.8 Å². The molecule has 0 nitrogen and oxygen atoms in total. The monoisotopic (exact) mass is 380 g/mol. The highest BCUT2D eigenvalue weighted by Crippen LogP contribution is 2.66. The minimum Gasteiger partial charge on any atom is -0.0882 e. The van der Waals surface area contributed by atoms with Gasteiger partial charge in [-0.2, -0.15) is 0 Å². The summed E-state index contributed by atoms with van der Waals surface area (Å²) in [5, 5.41) is 0. The summed E-state index contributed by atoms with van der Waals surface area (Å²) >= 11 is 0. The molecule has 0 bridgehead atoms. The molecule has 0 radical (unpaired) electrons. The van der Waals surface area contributed by atoms with Gasteiger partial charge in [0, 0.05) is 0 Å². The first-order valence-corrected chi connectivity index (χ1v) is 12.4. The Balaban J connectivity index is 1.54. The molecule has 4 aliphatic rings. The van der Waals surface area contributed by atoms with Crippen molar-refractivity contribution in [3.05, 3.63) is 35.5 Å². The van der Waals surface area contributed by atoms with Gasteiger partial charge < -0.3 is 0 Å². The van der Waals surface area contributed by atoms with Crippen molar-refractivity contribution in [2.45, 2.75) is 98.8 Å². The zero-order valence-corrected chi connectivity index (χ0v) is 19.3. The summed E-state index contributed by atoms with van der Waals surface area (Å²) in [4.78, 5) is 0. The van der Waals surface area contributed by atoms with Crippen molar-refractivity contribution in [2.24, 2.45) is 40.4 Å². The van der Waals surface area contributed by atoms with Crippen LogP contribution in [0.15, 0.2) is 35.5 Å². The van der Waals surface area contributed by atoms with Crippen molar-refractivity contribution in [3.63, 3.8) is 0 Å². The van der Waals surface area contributed by atoms with Crippen molar-refractivity contribution in [2.75, 3.05) is 0 Å². The van der Waals surface area contributed by atoms with Crippen LogP contribution in [-0.2, 0) is 0 Å². The summed E-state index contributed by atoms with van der Waals surface area (Å²) in [6, 6.07) is 0. The molecule has 2 saturated carbocycles. The molecular formula is C28H44. The molecule has 0 spiro atoms. The number of rotatable bonds is 5. The minimum absolute atomic E-state index is 0.478. The predicted molar refractivity (Wildman–Crippen MR) is 122 cm³/mol. The average molecular weight is 381 g/mol. The topological polar surface area (TPSA) is 0 Å². The van der Waals surface area contributed by atoms with E-state index in [1.165, 1.54) is 64.2 Å². The van der Waals surface area contributed by atoms with E-state index in [1.54, 1.807) is 11.1 Å². The fourth-order valence-electron chi connectivity index (χ4n) is 8.30. The maximum Gasteiger partial charge on any atom is -0.00445 e. The molecule has 0 N–H and O–H groups in total. The maximum absolute atomic E-state index is 2.66. The Morgan fingerprint density at radius 1 is 1.14 bits per heavy atom. The van der Waals surface area contributed by atoms with Gasteiger partial charge in [-0.1, -0.05) is 64.0 Å². The quantitative estimate of drug-likeness (QED) is 0.419. The highest BCUT2D eigenvalue weighted by molar-refractivity contribution is 5.34. The lowest BCUT2D eigenvalue weighted by Gasteiger charge is -2.58. The Morgan fingerprint density at radius 2 is 1.96 bits per heavy atom. The second kappa shape index (κ2) is 7.81. The van der Waals surface area contributed by atoms with Crippen LogP contribution in [0.3, 0.4) is 0 Å². The van der Waals surface area contributed by atoms with E-state index in [0.29, 0.717) is 16.7 Å². The Kier molecular flexibility index (Phi) is 5.71. The van der Waals surface area contributed by atoms with Gasteiger partial charge in [0.15, 0.2) is 0 Å². The van der Waals surface area contributed by atoms with Crippen LogP contribution >= 0.6 is 0 Å². The molecule has 0 aliphatic heterocycles. The molecule has 0 aromatic heterocycles. The molecule has 4 unspecified atom stereocenters. The lowest BCUT2D eigenvalue weighted by Crippen LogP contribution is -2.50. The van der Waals surface area contributed by atoms with Crippen LogP contribution in [0, 0.1) is 40.4 Å². The van der Waals surface area contributed by atoms with Crippen molar-refractivity contribution >= 4 is 0 Å². The summed E-state index contributed by atoms with van der Waals surface area (Å²) in [7, 11) is 0. The summed E-state index contributed by atoms with van der Waals surface area (Å²) in [6.45, 7) is 12.2. The van der Waals surface area contributed by atoms with E-state index in [0.717, 1.165) is 23.7 Å². The summed E-state index contributed by atoms with van der Waals surface area (Å²) in [6.07, 6.45) is 24.3. The lowest BCUT2D eigenvalue weighted by atomic mass is 9.46. The van der Waals surface area contributed by atoms with Gasteiger partial charge in [-0.15, -0.1) is 0 Å². The molecule has 156 valence electrons. The molecule has 2 fully saturated rings. The Hall–Kier alpha value is -0.780. The highest BCUT2D eigenvalue weighted by Gasteiger charge is 2.57. The second-order valence-electron chi connectivity index (χ2n) is 11.3. The first kappa shape index (κ1) is 20.5. The lowest BCUT2D eigenvalue weighted by molar-refractivity contribution is -0.0558. The number of fused-ring (bicyclic) bond motifs is 5. The van der Waals surface area contributed by atoms with Gasteiger partial charge in [-0.3, -0.25) is 0 Å². The van der Waals surface area contributed by atoms with Crippen LogP contribution in [0.4, 0.5) is 0 Å². The third-order valence-corrected chi connectivity index (χ3v) is 10.0. The zero-order valence-electron chi connectivity index (χ0n) is 19.3. The first-order valence-electron chi connectivity index (χ1n) is 12.4. The van der Waals surface area contributed by atoms with Crippen molar-refractivity contribution < 1.29 is 0 Å². The van der Waals surface area contributed by atoms with Gasteiger partial charge in [0.05, 0.1) is 0 Å². The van der Waals surface area contributed by atoms with Crippen LogP contribution in [-0.4, -0.2) is 0 Å². The third-order valence-electron chi connectivity index (χ3n) is 10.0. The number of hydrogen-bond donors (Lipinski definition) is 0. The highest BCUT2D eigenvalue weighted by atomic mass is 14.6. The van der Waals surface area contributed by atoms with Crippen molar-refractivity contribution in [1.82, 2.24) is 0 Å². The van der Waals surface area contributed by atoms with Crippen molar-refractivity contribution in [1.29, 1.82) is 0 Å². The van der Waals surface area contributed by atoms with E-state index in [4.69, 9.17) is 0 Å². The minimum atomic E-state index is 0.478. The van der Waals surface area contributed by atoms with Gasteiger partial charge >= 0.3 is 0 Å². The standard InChI is InChI=1S/C28H44/c1-6-22(20(2)3)13-12-21(4)28-18-9-11-26(28)24-15-14-23-10-7-8-17-27(23,5)25(24)16-19-28/h6-7,10,14,20-21,24-26H,8-9,11-13,15-19H2,1-5H3/t21?,24?,25?,26?,27-,28-/m0/s1. The second-order valence-corrected chi connectivity index (χ2v) is 11.3. The van der Waals surface area contributed by atoms with Crippen LogP contribution in [0.25, 0.3) is 0 Å². The SMILES string of the molecule is CC=C(CCC(C)[C@@]12CCCC1C1CC=C3C=CCC[C@]3(C)C1CC2)C(C)C. The normalized spacial score (nSPS) is 41.3. The van der Waals surface area contributed by atoms with Crippen LogP contribution in [0.2, 0.25) is 0 Å². The number of hydrogen-bond acceptors (Lipinski definition) is 0. The predicted octanol–water partition coefficient (Wildman–Crippen LogP) is 8.50. The molecule has 4 aliphatic carbocycles. The molecule has 0 aromatic carbocycles. The Labute approximate surface area is 175 Å². The molecule has 28 heavy (non-hydrogen) atoms. The van der Waals surface area contributed by atoms with E-state index < -0.39 is 0 Å². The fraction of sp³-hybridized carbons (Fsp3) is 0.786. The molecule has 6 atom stereocenters. The average Bonchev–Trinajstić information content (AvgIpc) is 3.13. The van der Waals surface area contributed by atoms with E-state index in [2.05, 4.69) is 58.9 Å². The van der Waals surface area contributed by atoms with E-state index in [1.807, 2.05) is 0 Å². The third kappa shape index (κ3) is 3.18. The van der Waals surface area contributed by atoms with E-state index in [-0.39, 0.29) is 0 Å². The Bertz CT molecular complexity index is 662. The van der Waals surface area contributed by atoms with Crippen molar-refractivity contribution in [3.8, 4) is 0 Å². The van der Waals surface area contributed by atoms with Gasteiger partial charge in [0.25, 0.3) is 0 Å². The summed E-state index contributed by atoms with van der Waals surface area (Å²) < 4.78 is 0. The van der Waals surface area contributed by atoms with Crippen LogP contribution in [0.5, 0.6) is 0 Å². The molecule has 0 amide bonds. The number of allylic oxidation sites excluding steroid dienone is 6. The summed E-state index contributed by atoms with van der Waals surface area (Å²) in [5.74, 6) is 4.51. The van der Waals surface area contributed by atoms with Crippen LogP contribution < -0.4 is 0 Å². The molecule has 0 heteroatoms.